The Morgan fingerprint density at radius 2 is 1.06 bits per heavy atom. The number of fused-ring (bicyclic) bond motifs is 11. The topological polar surface area (TPSA) is 16.4 Å². The Hall–Kier alpha value is -5.60. The molecule has 0 bridgehead atoms. The van der Waals surface area contributed by atoms with Gasteiger partial charge in [0.1, 0.15) is 5.58 Å². The molecule has 0 spiro atoms. The highest BCUT2D eigenvalue weighted by atomic mass is 16.3. The first-order valence-electron chi connectivity index (χ1n) is 17.4. The van der Waals surface area contributed by atoms with Crippen LogP contribution in [0.1, 0.15) is 55.5 Å². The summed E-state index contributed by atoms with van der Waals surface area (Å²) in [7, 11) is 0. The molecule has 0 atom stereocenters. The minimum Gasteiger partial charge on any atom is -0.454 e. The fourth-order valence-corrected chi connectivity index (χ4v) is 9.05. The van der Waals surface area contributed by atoms with Crippen molar-refractivity contribution in [3.8, 4) is 22.3 Å². The number of hydrogen-bond acceptors (Lipinski definition) is 2. The van der Waals surface area contributed by atoms with Crippen LogP contribution in [0.3, 0.4) is 0 Å². The molecule has 2 aliphatic carbocycles. The lowest BCUT2D eigenvalue weighted by Gasteiger charge is -2.29. The van der Waals surface area contributed by atoms with Crippen molar-refractivity contribution in [2.45, 2.75) is 45.4 Å². The molecule has 0 unspecified atom stereocenters. The fourth-order valence-electron chi connectivity index (χ4n) is 9.05. The third-order valence-electron chi connectivity index (χ3n) is 11.6. The predicted octanol–water partition coefficient (Wildman–Crippen LogP) is 13.1. The monoisotopic (exact) mass is 631 g/mol. The first kappa shape index (κ1) is 28.4. The number of para-hydroxylation sites is 3. The van der Waals surface area contributed by atoms with Gasteiger partial charge in [0.25, 0.3) is 0 Å². The second-order valence-electron chi connectivity index (χ2n) is 15.0. The average Bonchev–Trinajstić information content (AvgIpc) is 3.69. The van der Waals surface area contributed by atoms with Crippen LogP contribution in [0.5, 0.6) is 0 Å². The molecule has 1 heterocycles. The Kier molecular flexibility index (Phi) is 5.65. The summed E-state index contributed by atoms with van der Waals surface area (Å²) in [6.45, 7) is 11.7. The van der Waals surface area contributed by atoms with E-state index in [0.717, 1.165) is 44.6 Å². The molecule has 2 nitrogen and oxygen atoms in total. The number of benzene rings is 7. The van der Waals surface area contributed by atoms with Crippen LogP contribution < -0.4 is 4.90 Å². The van der Waals surface area contributed by atoms with E-state index < -0.39 is 0 Å². The van der Waals surface area contributed by atoms with Crippen molar-refractivity contribution in [2.24, 2.45) is 0 Å². The third kappa shape index (κ3) is 3.72. The summed E-state index contributed by atoms with van der Waals surface area (Å²) in [6, 6.07) is 49.2. The van der Waals surface area contributed by atoms with Crippen LogP contribution in [0.15, 0.2) is 138 Å². The lowest BCUT2D eigenvalue weighted by Crippen LogP contribution is -2.18. The van der Waals surface area contributed by atoms with Crippen molar-refractivity contribution in [3.05, 3.63) is 161 Å². The maximum Gasteiger partial charge on any atom is 0.159 e. The van der Waals surface area contributed by atoms with Gasteiger partial charge in [-0.05, 0) is 98.8 Å². The molecule has 0 saturated heterocycles. The third-order valence-corrected chi connectivity index (χ3v) is 11.6. The van der Waals surface area contributed by atoms with Gasteiger partial charge >= 0.3 is 0 Å². The average molecular weight is 632 g/mol. The first-order valence-corrected chi connectivity index (χ1v) is 17.4. The molecular weight excluding hydrogens is 595 g/mol. The van der Waals surface area contributed by atoms with Crippen LogP contribution in [0.25, 0.3) is 55.0 Å². The molecule has 0 aliphatic heterocycles. The van der Waals surface area contributed by atoms with Crippen molar-refractivity contribution in [3.63, 3.8) is 0 Å². The summed E-state index contributed by atoms with van der Waals surface area (Å²) in [5.41, 5.74) is 17.1. The Morgan fingerprint density at radius 3 is 1.88 bits per heavy atom. The Labute approximate surface area is 287 Å². The predicted molar refractivity (Wildman–Crippen MR) is 206 cm³/mol. The minimum atomic E-state index is -0.203. The maximum absolute atomic E-state index is 6.79. The SMILES string of the molecule is Cc1cccc2c1oc1c(N(c3ccccc3)c3cc4c(c5ccccc35)-c3cc5c(cc3C4(C)C)-c3ccccc3C5(C)C)cccc12. The van der Waals surface area contributed by atoms with Gasteiger partial charge in [0.05, 0.1) is 11.4 Å². The van der Waals surface area contributed by atoms with Crippen LogP contribution in [0.4, 0.5) is 17.1 Å². The Morgan fingerprint density at radius 1 is 0.449 bits per heavy atom. The standard InChI is InChI=1S/C47H37NO/c1-28-15-13-21-33-34-22-14-24-41(45(34)49-44(28)33)48(29-16-7-6-8-17-29)42-27-40-43(32-20-10-9-19-31(32)42)36-26-38-35(25-39(36)47(40,4)5)30-18-11-12-23-37(30)46(38,2)3/h6-27H,1-5H3. The van der Waals surface area contributed by atoms with E-state index in [1.165, 1.54) is 55.3 Å². The first-order chi connectivity index (χ1) is 23.7. The number of nitrogens with zero attached hydrogens (tertiary/aromatic N) is 1. The minimum absolute atomic E-state index is 0.0582. The summed E-state index contributed by atoms with van der Waals surface area (Å²) in [6.07, 6.45) is 0. The van der Waals surface area contributed by atoms with E-state index in [1.807, 2.05) is 0 Å². The van der Waals surface area contributed by atoms with E-state index in [4.69, 9.17) is 4.42 Å². The van der Waals surface area contributed by atoms with Crippen molar-refractivity contribution in [2.75, 3.05) is 4.90 Å². The quantitative estimate of drug-likeness (QED) is 0.193. The van der Waals surface area contributed by atoms with Gasteiger partial charge in [-0.15, -0.1) is 0 Å². The molecule has 0 radical (unpaired) electrons. The summed E-state index contributed by atoms with van der Waals surface area (Å²) in [4.78, 5) is 2.42. The lowest BCUT2D eigenvalue weighted by atomic mass is 9.79. The second-order valence-corrected chi connectivity index (χ2v) is 15.0. The van der Waals surface area contributed by atoms with E-state index in [2.05, 4.69) is 173 Å². The molecule has 236 valence electrons. The molecule has 8 aromatic rings. The van der Waals surface area contributed by atoms with Crippen molar-refractivity contribution in [1.82, 2.24) is 0 Å². The molecule has 0 saturated carbocycles. The fraction of sp³-hybridized carbons (Fsp3) is 0.149. The van der Waals surface area contributed by atoms with E-state index >= 15 is 0 Å². The van der Waals surface area contributed by atoms with E-state index in [0.29, 0.717) is 0 Å². The zero-order chi connectivity index (χ0) is 33.2. The highest BCUT2D eigenvalue weighted by molar-refractivity contribution is 6.14. The van der Waals surface area contributed by atoms with Gasteiger partial charge in [0.15, 0.2) is 5.58 Å². The van der Waals surface area contributed by atoms with Crippen molar-refractivity contribution < 1.29 is 4.42 Å². The number of furan rings is 1. The van der Waals surface area contributed by atoms with Gasteiger partial charge in [-0.25, -0.2) is 0 Å². The molecule has 0 fully saturated rings. The van der Waals surface area contributed by atoms with Gasteiger partial charge in [-0.1, -0.05) is 125 Å². The number of anilines is 3. The normalized spacial score (nSPS) is 15.0. The van der Waals surface area contributed by atoms with Gasteiger partial charge < -0.3 is 9.32 Å². The molecule has 10 rings (SSSR count). The van der Waals surface area contributed by atoms with Gasteiger partial charge in [-0.2, -0.15) is 0 Å². The van der Waals surface area contributed by atoms with Crippen LogP contribution in [-0.2, 0) is 10.8 Å². The van der Waals surface area contributed by atoms with Crippen molar-refractivity contribution >= 4 is 49.8 Å². The van der Waals surface area contributed by atoms with Gasteiger partial charge in [-0.3, -0.25) is 0 Å². The van der Waals surface area contributed by atoms with E-state index in [1.54, 1.807) is 0 Å². The second kappa shape index (κ2) is 9.74. The van der Waals surface area contributed by atoms with Gasteiger partial charge in [0, 0.05) is 32.7 Å². The molecule has 1 aromatic heterocycles. The lowest BCUT2D eigenvalue weighted by molar-refractivity contribution is 0.652. The summed E-state index contributed by atoms with van der Waals surface area (Å²) < 4.78 is 6.79. The summed E-state index contributed by atoms with van der Waals surface area (Å²) >= 11 is 0. The highest BCUT2D eigenvalue weighted by Gasteiger charge is 2.42. The van der Waals surface area contributed by atoms with Crippen LogP contribution in [0, 0.1) is 6.92 Å². The molecule has 49 heavy (non-hydrogen) atoms. The Bertz CT molecular complexity index is 2670. The largest absolute Gasteiger partial charge is 0.454 e. The molecule has 7 aromatic carbocycles. The van der Waals surface area contributed by atoms with E-state index in [9.17, 15) is 0 Å². The number of rotatable bonds is 3. The van der Waals surface area contributed by atoms with Crippen LogP contribution in [0.2, 0.25) is 0 Å². The zero-order valence-electron chi connectivity index (χ0n) is 28.6. The molecule has 0 N–H and O–H groups in total. The molecule has 0 amide bonds. The van der Waals surface area contributed by atoms with Gasteiger partial charge in [0.2, 0.25) is 0 Å². The highest BCUT2D eigenvalue weighted by Crippen LogP contribution is 2.59. The van der Waals surface area contributed by atoms with Crippen molar-refractivity contribution in [1.29, 1.82) is 0 Å². The molecular formula is C47H37NO. The smallest absolute Gasteiger partial charge is 0.159 e. The number of hydrogen-bond donors (Lipinski definition) is 0. The van der Waals surface area contributed by atoms with Crippen LogP contribution in [-0.4, -0.2) is 0 Å². The maximum atomic E-state index is 6.79. The molecule has 2 aliphatic rings. The summed E-state index contributed by atoms with van der Waals surface area (Å²) in [5.74, 6) is 0. The summed E-state index contributed by atoms with van der Waals surface area (Å²) in [5, 5.41) is 4.79. The van der Waals surface area contributed by atoms with Crippen LogP contribution >= 0.6 is 0 Å². The van der Waals surface area contributed by atoms with E-state index in [-0.39, 0.29) is 10.8 Å². The molecule has 2 heteroatoms. The zero-order valence-corrected chi connectivity index (χ0v) is 28.6. The Balaban J connectivity index is 1.27. The number of aryl methyl sites for hydroxylation is 1.